The molecule has 1 aromatic heterocycles. The van der Waals surface area contributed by atoms with Crippen LogP contribution in [0.4, 0.5) is 0 Å². The van der Waals surface area contributed by atoms with Crippen molar-refractivity contribution in [3.8, 4) is 0 Å². The predicted octanol–water partition coefficient (Wildman–Crippen LogP) is 11.1. The molecule has 20 heteroatoms. The topological polar surface area (TPSA) is 225 Å². The summed E-state index contributed by atoms with van der Waals surface area (Å²) < 4.78 is 65.7. The largest absolute Gasteiger partial charge is 0.459 e. The van der Waals surface area contributed by atoms with Crippen molar-refractivity contribution in [3.63, 3.8) is 0 Å². The average Bonchev–Trinajstić information content (AvgIpc) is 1.33. The van der Waals surface area contributed by atoms with Crippen molar-refractivity contribution in [1.29, 1.82) is 0 Å². The van der Waals surface area contributed by atoms with Crippen molar-refractivity contribution in [2.45, 2.75) is 64.9 Å². The average molecular weight is 1220 g/mol. The van der Waals surface area contributed by atoms with Gasteiger partial charge in [-0.15, -0.1) is 11.3 Å². The van der Waals surface area contributed by atoms with Gasteiger partial charge in [-0.25, -0.2) is 38.5 Å². The van der Waals surface area contributed by atoms with E-state index in [-0.39, 0.29) is 38.9 Å². The molecular weight excluding hydrogens is 1170 g/mol. The molecule has 2 fully saturated rings. The van der Waals surface area contributed by atoms with Gasteiger partial charge in [0, 0.05) is 0 Å². The lowest BCUT2D eigenvalue weighted by molar-refractivity contribution is -0.309. The number of carbonyl (C=O) groups excluding carboxylic acids is 7. The third-order valence-electron chi connectivity index (χ3n) is 14.0. The number of fused-ring (bicyclic) bond motifs is 1. The first-order valence-corrected chi connectivity index (χ1v) is 29.5. The molecule has 0 radical (unpaired) electrons. The third-order valence-corrected chi connectivity index (χ3v) is 16.3. The SMILES string of the molecule is O=C(OC[C@H]1O[C@@H](OC[C@H]2O[C@@H](Sc3nc4ccccc4s3)[C@H](OC(=O)c3ccccc3)[C@@H](OC(=O)c3ccccc3)[C@@H]2OC(=O)c2ccccc2)[C@H](OC(=O)c2ccccc2)[C@@H](OC(=O)c2ccccc2)[C@@H]1OC(=O)c1ccccc1)c1ccccc1. The monoisotopic (exact) mass is 1220 g/mol. The van der Waals surface area contributed by atoms with Crippen molar-refractivity contribution < 1.29 is 80.9 Å². The number of thiazole rings is 1. The molecule has 0 unspecified atom stereocenters. The maximum atomic E-state index is 14.6. The molecular formula is C68H53NO17S2. The summed E-state index contributed by atoms with van der Waals surface area (Å²) in [5.41, 5.74) is -0.0625. The number of carbonyl (C=O) groups is 7. The maximum absolute atomic E-state index is 14.6. The molecule has 8 aromatic carbocycles. The number of ether oxygens (including phenoxy) is 10. The fraction of sp³-hybridized carbons (Fsp3) is 0.176. The van der Waals surface area contributed by atoms with E-state index in [4.69, 9.17) is 52.4 Å². The van der Waals surface area contributed by atoms with Crippen molar-refractivity contribution >= 4 is 75.1 Å². The molecule has 88 heavy (non-hydrogen) atoms. The lowest BCUT2D eigenvalue weighted by atomic mass is 9.97. The fourth-order valence-corrected chi connectivity index (χ4v) is 12.0. The molecule has 0 amide bonds. The van der Waals surface area contributed by atoms with Crippen LogP contribution in [0.25, 0.3) is 10.2 Å². The van der Waals surface area contributed by atoms with E-state index in [9.17, 15) is 33.6 Å². The van der Waals surface area contributed by atoms with E-state index in [1.807, 2.05) is 24.3 Å². The van der Waals surface area contributed by atoms with Gasteiger partial charge in [0.1, 0.15) is 18.8 Å². The summed E-state index contributed by atoms with van der Waals surface area (Å²) in [5.74, 6) is -6.29. The molecule has 10 atom stereocenters. The minimum absolute atomic E-state index is 0.0449. The van der Waals surface area contributed by atoms with Gasteiger partial charge in [-0.1, -0.05) is 151 Å². The molecule has 0 aliphatic carbocycles. The van der Waals surface area contributed by atoms with Crippen LogP contribution in [0.5, 0.6) is 0 Å². The van der Waals surface area contributed by atoms with Crippen LogP contribution in [-0.4, -0.2) is 121 Å². The third kappa shape index (κ3) is 14.7. The molecule has 11 rings (SSSR count). The summed E-state index contributed by atoms with van der Waals surface area (Å²) in [6, 6.07) is 63.0. The molecule has 2 aliphatic heterocycles. The lowest BCUT2D eigenvalue weighted by Crippen LogP contribution is -2.64. The highest BCUT2D eigenvalue weighted by molar-refractivity contribution is 8.01. The van der Waals surface area contributed by atoms with E-state index in [1.54, 1.807) is 127 Å². The second kappa shape index (κ2) is 28.6. The molecule has 18 nitrogen and oxygen atoms in total. The highest BCUT2D eigenvalue weighted by Gasteiger charge is 2.57. The van der Waals surface area contributed by atoms with Crippen molar-refractivity contribution in [2.24, 2.45) is 0 Å². The minimum Gasteiger partial charge on any atom is -0.459 e. The first kappa shape index (κ1) is 59.9. The van der Waals surface area contributed by atoms with Crippen molar-refractivity contribution in [1.82, 2.24) is 4.98 Å². The number of thioether (sulfide) groups is 1. The normalized spacial score (nSPS) is 21.4. The summed E-state index contributed by atoms with van der Waals surface area (Å²) in [6.45, 7) is -1.39. The predicted molar refractivity (Wildman–Crippen MR) is 319 cm³/mol. The van der Waals surface area contributed by atoms with Gasteiger partial charge in [0.2, 0.25) is 0 Å². The Morgan fingerprint density at radius 3 is 1.07 bits per heavy atom. The van der Waals surface area contributed by atoms with Gasteiger partial charge in [0.25, 0.3) is 0 Å². The quantitative estimate of drug-likeness (QED) is 0.0511. The zero-order chi connectivity index (χ0) is 60.8. The summed E-state index contributed by atoms with van der Waals surface area (Å²) in [5, 5.41) is 0. The highest BCUT2D eigenvalue weighted by Crippen LogP contribution is 2.42. The van der Waals surface area contributed by atoms with Gasteiger partial charge in [-0.05, 0) is 97.1 Å². The number of para-hydroxylation sites is 1. The van der Waals surface area contributed by atoms with Crippen LogP contribution in [0, 0.1) is 0 Å². The lowest BCUT2D eigenvalue weighted by Gasteiger charge is -2.46. The van der Waals surface area contributed by atoms with Crippen LogP contribution in [0.15, 0.2) is 241 Å². The highest BCUT2D eigenvalue weighted by atomic mass is 32.2. The Balaban J connectivity index is 1.03. The molecule has 0 saturated carbocycles. The second-order valence-electron chi connectivity index (χ2n) is 19.9. The number of hydrogen-bond donors (Lipinski definition) is 0. The Morgan fingerprint density at radius 1 is 0.352 bits per heavy atom. The van der Waals surface area contributed by atoms with E-state index in [1.165, 1.54) is 96.3 Å². The van der Waals surface area contributed by atoms with E-state index < -0.39 is 116 Å². The van der Waals surface area contributed by atoms with Crippen LogP contribution in [0.2, 0.25) is 0 Å². The second-order valence-corrected chi connectivity index (χ2v) is 22.2. The van der Waals surface area contributed by atoms with Crippen LogP contribution >= 0.6 is 23.1 Å². The number of rotatable bonds is 20. The number of nitrogens with zero attached hydrogens (tertiary/aromatic N) is 1. The van der Waals surface area contributed by atoms with E-state index in [0.717, 1.165) is 16.5 Å². The molecule has 0 bridgehead atoms. The summed E-state index contributed by atoms with van der Waals surface area (Å²) in [7, 11) is 0. The van der Waals surface area contributed by atoms with Gasteiger partial charge in [-0.2, -0.15) is 0 Å². The summed E-state index contributed by atoms with van der Waals surface area (Å²) in [4.78, 5) is 105. The molecule has 3 heterocycles. The Bertz CT molecular complexity index is 3820. The summed E-state index contributed by atoms with van der Waals surface area (Å²) >= 11 is 2.34. The van der Waals surface area contributed by atoms with Gasteiger partial charge < -0.3 is 47.4 Å². The van der Waals surface area contributed by atoms with Crippen LogP contribution in [0.3, 0.4) is 0 Å². The fourth-order valence-electron chi connectivity index (χ4n) is 9.66. The molecule has 0 N–H and O–H groups in total. The van der Waals surface area contributed by atoms with Gasteiger partial charge in [-0.3, -0.25) is 0 Å². The van der Waals surface area contributed by atoms with Gasteiger partial charge in [0.15, 0.2) is 52.7 Å². The number of esters is 7. The zero-order valence-electron chi connectivity index (χ0n) is 46.4. The van der Waals surface area contributed by atoms with Crippen molar-refractivity contribution in [2.75, 3.05) is 13.2 Å². The van der Waals surface area contributed by atoms with E-state index in [0.29, 0.717) is 9.86 Å². The smallest absolute Gasteiger partial charge is 0.338 e. The number of aromatic nitrogens is 1. The number of hydrogen-bond acceptors (Lipinski definition) is 20. The van der Waals surface area contributed by atoms with E-state index >= 15 is 0 Å². The Labute approximate surface area is 512 Å². The first-order chi connectivity index (χ1) is 43.0. The Morgan fingerprint density at radius 2 is 0.670 bits per heavy atom. The van der Waals surface area contributed by atoms with Gasteiger partial charge in [0.05, 0.1) is 55.8 Å². The van der Waals surface area contributed by atoms with Crippen LogP contribution in [-0.2, 0) is 47.4 Å². The molecule has 0 spiro atoms. The van der Waals surface area contributed by atoms with Gasteiger partial charge >= 0.3 is 41.8 Å². The van der Waals surface area contributed by atoms with Crippen LogP contribution in [0.1, 0.15) is 72.5 Å². The first-order valence-electron chi connectivity index (χ1n) is 27.8. The van der Waals surface area contributed by atoms with Crippen LogP contribution < -0.4 is 0 Å². The van der Waals surface area contributed by atoms with Crippen molar-refractivity contribution in [3.05, 3.63) is 276 Å². The number of benzene rings is 8. The zero-order valence-corrected chi connectivity index (χ0v) is 48.0. The summed E-state index contributed by atoms with van der Waals surface area (Å²) in [6.07, 6.45) is -15.4. The molecule has 9 aromatic rings. The Kier molecular flexibility index (Phi) is 19.4. The maximum Gasteiger partial charge on any atom is 0.338 e. The minimum atomic E-state index is -1.88. The molecule has 444 valence electrons. The Hall–Kier alpha value is -9.83. The van der Waals surface area contributed by atoms with E-state index in [2.05, 4.69) is 0 Å². The molecule has 2 saturated heterocycles. The standard InChI is InChI=1S/C68H53NO17S2/c70-59(42-24-8-1-9-25-42)77-40-50-53(81-60(71)43-26-10-2-11-27-43)55(83-62(73)45-30-14-4-15-31-45)57(85-64(75)47-34-18-6-19-35-47)66(79-50)78-41-51-54(82-61(72)44-28-12-3-13-29-44)56(84-63(74)46-32-16-5-17-33-46)58(86-65(76)48-36-20-7-21-37-48)67(80-51)88-68-69-49-38-22-23-39-52(49)87-68/h1-39,50-51,53-58,66-67H,40-41H2/t50-,51-,53-,54-,55+,56+,57-,58-,66-,67+/m1/s1. The molecule has 2 aliphatic rings.